The third-order valence-electron chi connectivity index (χ3n) is 2.95. The van der Waals surface area contributed by atoms with Crippen LogP contribution < -0.4 is 5.32 Å². The summed E-state index contributed by atoms with van der Waals surface area (Å²) in [6.45, 7) is 3.31. The van der Waals surface area contributed by atoms with Crippen molar-refractivity contribution < 1.29 is 19.1 Å². The van der Waals surface area contributed by atoms with Crippen molar-refractivity contribution in [1.29, 1.82) is 0 Å². The quantitative estimate of drug-likeness (QED) is 0.737. The molecule has 1 aromatic carbocycles. The molecule has 5 nitrogen and oxygen atoms in total. The second-order valence-electron chi connectivity index (χ2n) is 4.79. The van der Waals surface area contributed by atoms with Gasteiger partial charge in [0, 0.05) is 13.3 Å². The molecule has 1 rings (SSSR count). The Morgan fingerprint density at radius 2 is 1.86 bits per heavy atom. The lowest BCUT2D eigenvalue weighted by atomic mass is 9.94. The number of amides is 1. The molecular formula is C16H21NO4. The van der Waals surface area contributed by atoms with Gasteiger partial charge in [-0.15, -0.1) is 0 Å². The SMILES string of the molecule is CCOC(=O)C(CC(=O)CNC(C)=O)Cc1ccccc1. The molecule has 0 spiro atoms. The van der Waals surface area contributed by atoms with Crippen LogP contribution in [0, 0.1) is 5.92 Å². The Bertz CT molecular complexity index is 484. The smallest absolute Gasteiger partial charge is 0.309 e. The largest absolute Gasteiger partial charge is 0.466 e. The number of ketones is 1. The van der Waals surface area contributed by atoms with Gasteiger partial charge < -0.3 is 10.1 Å². The van der Waals surface area contributed by atoms with Crippen LogP contribution >= 0.6 is 0 Å². The molecule has 0 fully saturated rings. The van der Waals surface area contributed by atoms with Crippen LogP contribution in [0.4, 0.5) is 0 Å². The highest BCUT2D eigenvalue weighted by molar-refractivity contribution is 5.88. The van der Waals surface area contributed by atoms with Crippen LogP contribution in [-0.4, -0.2) is 30.8 Å². The monoisotopic (exact) mass is 291 g/mol. The van der Waals surface area contributed by atoms with E-state index in [9.17, 15) is 14.4 Å². The summed E-state index contributed by atoms with van der Waals surface area (Å²) in [5.41, 5.74) is 0.975. The molecule has 0 aliphatic heterocycles. The Hall–Kier alpha value is -2.17. The third-order valence-corrected chi connectivity index (χ3v) is 2.95. The number of ether oxygens (including phenoxy) is 1. The Kier molecular flexibility index (Phi) is 7.15. The Morgan fingerprint density at radius 1 is 1.19 bits per heavy atom. The van der Waals surface area contributed by atoms with E-state index in [1.165, 1.54) is 6.92 Å². The fraction of sp³-hybridized carbons (Fsp3) is 0.438. The molecule has 1 N–H and O–H groups in total. The second-order valence-corrected chi connectivity index (χ2v) is 4.79. The van der Waals surface area contributed by atoms with E-state index in [-0.39, 0.29) is 37.2 Å². The van der Waals surface area contributed by atoms with Gasteiger partial charge in [0.1, 0.15) is 0 Å². The molecule has 1 atom stereocenters. The summed E-state index contributed by atoms with van der Waals surface area (Å²) in [6.07, 6.45) is 0.513. The van der Waals surface area contributed by atoms with E-state index in [1.54, 1.807) is 6.92 Å². The van der Waals surface area contributed by atoms with Crippen molar-refractivity contribution in [3.8, 4) is 0 Å². The van der Waals surface area contributed by atoms with E-state index in [0.29, 0.717) is 6.42 Å². The maximum atomic E-state index is 12.0. The van der Waals surface area contributed by atoms with E-state index in [1.807, 2.05) is 30.3 Å². The first-order valence-corrected chi connectivity index (χ1v) is 6.99. The van der Waals surface area contributed by atoms with Crippen molar-refractivity contribution in [2.75, 3.05) is 13.2 Å². The number of benzene rings is 1. The molecule has 0 bridgehead atoms. The van der Waals surface area contributed by atoms with Crippen LogP contribution in [0.15, 0.2) is 30.3 Å². The van der Waals surface area contributed by atoms with E-state index in [2.05, 4.69) is 5.32 Å². The molecule has 0 heterocycles. The number of esters is 1. The number of hydrogen-bond donors (Lipinski definition) is 1. The van der Waals surface area contributed by atoms with Gasteiger partial charge in [0.05, 0.1) is 19.1 Å². The maximum absolute atomic E-state index is 12.0. The first kappa shape index (κ1) is 16.9. The van der Waals surface area contributed by atoms with Crippen molar-refractivity contribution in [3.63, 3.8) is 0 Å². The second kappa shape index (κ2) is 8.89. The minimum absolute atomic E-state index is 0.0555. The zero-order valence-corrected chi connectivity index (χ0v) is 12.4. The number of rotatable bonds is 8. The zero-order valence-electron chi connectivity index (χ0n) is 12.4. The highest BCUT2D eigenvalue weighted by atomic mass is 16.5. The first-order valence-electron chi connectivity index (χ1n) is 6.99. The van der Waals surface area contributed by atoms with Gasteiger partial charge in [0.2, 0.25) is 5.91 Å². The highest BCUT2D eigenvalue weighted by Gasteiger charge is 2.23. The summed E-state index contributed by atoms with van der Waals surface area (Å²) < 4.78 is 5.02. The standard InChI is InChI=1S/C16H21NO4/c1-3-21-16(20)14(9-13-7-5-4-6-8-13)10-15(19)11-17-12(2)18/h4-8,14H,3,9-11H2,1-2H3,(H,17,18). The van der Waals surface area contributed by atoms with Gasteiger partial charge in [-0.05, 0) is 18.9 Å². The zero-order chi connectivity index (χ0) is 15.7. The first-order chi connectivity index (χ1) is 10.0. The van der Waals surface area contributed by atoms with Crippen molar-refractivity contribution in [3.05, 3.63) is 35.9 Å². The number of Topliss-reactive ketones (excluding diaryl/α,β-unsaturated/α-hetero) is 1. The topological polar surface area (TPSA) is 72.5 Å². The molecular weight excluding hydrogens is 270 g/mol. The van der Waals surface area contributed by atoms with Gasteiger partial charge in [-0.25, -0.2) is 0 Å². The molecule has 0 aliphatic rings. The molecule has 5 heteroatoms. The average Bonchev–Trinajstić information content (AvgIpc) is 2.46. The molecule has 1 unspecified atom stereocenters. The van der Waals surface area contributed by atoms with Gasteiger partial charge in [-0.3, -0.25) is 14.4 Å². The lowest BCUT2D eigenvalue weighted by molar-refractivity contribution is -0.149. The van der Waals surface area contributed by atoms with Crippen molar-refractivity contribution in [2.45, 2.75) is 26.7 Å². The minimum Gasteiger partial charge on any atom is -0.466 e. The highest BCUT2D eigenvalue weighted by Crippen LogP contribution is 2.15. The van der Waals surface area contributed by atoms with Crippen LogP contribution in [0.5, 0.6) is 0 Å². The molecule has 1 amide bonds. The van der Waals surface area contributed by atoms with Gasteiger partial charge >= 0.3 is 5.97 Å². The normalized spacial score (nSPS) is 11.5. The van der Waals surface area contributed by atoms with Crippen LogP contribution in [0.3, 0.4) is 0 Å². The summed E-state index contributed by atoms with van der Waals surface area (Å²) in [4.78, 5) is 34.6. The van der Waals surface area contributed by atoms with Crippen LogP contribution in [-0.2, 0) is 25.5 Å². The number of nitrogens with one attached hydrogen (secondary N) is 1. The summed E-state index contributed by atoms with van der Waals surface area (Å²) in [7, 11) is 0. The van der Waals surface area contributed by atoms with Crippen molar-refractivity contribution in [2.24, 2.45) is 5.92 Å². The summed E-state index contributed by atoms with van der Waals surface area (Å²) >= 11 is 0. The summed E-state index contributed by atoms with van der Waals surface area (Å²) in [5, 5.41) is 2.44. The van der Waals surface area contributed by atoms with E-state index in [4.69, 9.17) is 4.74 Å². The fourth-order valence-corrected chi connectivity index (χ4v) is 1.97. The van der Waals surface area contributed by atoms with Crippen LogP contribution in [0.2, 0.25) is 0 Å². The van der Waals surface area contributed by atoms with E-state index in [0.717, 1.165) is 5.56 Å². The molecule has 1 aromatic rings. The number of carbonyl (C=O) groups excluding carboxylic acids is 3. The van der Waals surface area contributed by atoms with Gasteiger partial charge in [0.15, 0.2) is 5.78 Å². The Labute approximate surface area is 124 Å². The fourth-order valence-electron chi connectivity index (χ4n) is 1.97. The minimum atomic E-state index is -0.520. The Balaban J connectivity index is 2.66. The van der Waals surface area contributed by atoms with E-state index < -0.39 is 5.92 Å². The lowest BCUT2D eigenvalue weighted by Gasteiger charge is -2.15. The molecule has 0 saturated carbocycles. The van der Waals surface area contributed by atoms with Gasteiger partial charge in [-0.1, -0.05) is 30.3 Å². The van der Waals surface area contributed by atoms with Gasteiger partial charge in [-0.2, -0.15) is 0 Å². The van der Waals surface area contributed by atoms with Crippen molar-refractivity contribution >= 4 is 17.7 Å². The number of hydrogen-bond acceptors (Lipinski definition) is 4. The number of carbonyl (C=O) groups is 3. The van der Waals surface area contributed by atoms with Gasteiger partial charge in [0.25, 0.3) is 0 Å². The summed E-state index contributed by atoms with van der Waals surface area (Å²) in [5.74, 6) is -1.34. The molecule has 0 radical (unpaired) electrons. The van der Waals surface area contributed by atoms with E-state index >= 15 is 0 Å². The summed E-state index contributed by atoms with van der Waals surface area (Å²) in [6, 6.07) is 9.48. The maximum Gasteiger partial charge on any atom is 0.309 e. The van der Waals surface area contributed by atoms with Crippen LogP contribution in [0.25, 0.3) is 0 Å². The lowest BCUT2D eigenvalue weighted by Crippen LogP contribution is -2.31. The molecule has 0 aromatic heterocycles. The molecule has 21 heavy (non-hydrogen) atoms. The third kappa shape index (κ3) is 6.70. The molecule has 0 aliphatic carbocycles. The average molecular weight is 291 g/mol. The predicted octanol–water partition coefficient (Wildman–Crippen LogP) is 1.50. The Morgan fingerprint density at radius 3 is 2.43 bits per heavy atom. The predicted molar refractivity (Wildman–Crippen MR) is 78.6 cm³/mol. The molecule has 114 valence electrons. The van der Waals surface area contributed by atoms with Crippen LogP contribution in [0.1, 0.15) is 25.8 Å². The molecule has 0 saturated heterocycles. The van der Waals surface area contributed by atoms with Crippen molar-refractivity contribution in [1.82, 2.24) is 5.32 Å².